The van der Waals surface area contributed by atoms with Gasteiger partial charge in [0.25, 0.3) is 0 Å². The van der Waals surface area contributed by atoms with E-state index in [1.54, 1.807) is 11.3 Å². The quantitative estimate of drug-likeness (QED) is 0.788. The fraction of sp³-hybridized carbons (Fsp3) is 0.0833. The van der Waals surface area contributed by atoms with Gasteiger partial charge in [-0.1, -0.05) is 28.1 Å². The van der Waals surface area contributed by atoms with Gasteiger partial charge in [0.15, 0.2) is 4.96 Å². The van der Waals surface area contributed by atoms with Crippen LogP contribution in [0.25, 0.3) is 16.2 Å². The predicted octanol–water partition coefficient (Wildman–Crippen LogP) is 3.32. The maximum atomic E-state index is 9.47. The highest BCUT2D eigenvalue weighted by molar-refractivity contribution is 9.10. The Balaban J connectivity index is 2.22. The molecule has 1 aromatic carbocycles. The Kier molecular flexibility index (Phi) is 2.74. The maximum Gasteiger partial charge on any atom is 0.194 e. The average Bonchev–Trinajstić information content (AvgIpc) is 2.89. The van der Waals surface area contributed by atoms with Crippen LogP contribution < -0.4 is 0 Å². The van der Waals surface area contributed by atoms with E-state index in [1.807, 2.05) is 40.2 Å². The number of fused-ring (bicyclic) bond motifs is 1. The molecule has 0 radical (unpaired) electrons. The van der Waals surface area contributed by atoms with E-state index in [1.165, 1.54) is 0 Å². The van der Waals surface area contributed by atoms with Crippen molar-refractivity contribution >= 4 is 32.2 Å². The van der Waals surface area contributed by atoms with Gasteiger partial charge in [0.1, 0.15) is 0 Å². The van der Waals surface area contributed by atoms with Crippen molar-refractivity contribution in [1.82, 2.24) is 9.38 Å². The normalized spacial score (nSPS) is 11.2. The lowest BCUT2D eigenvalue weighted by atomic mass is 10.1. The summed E-state index contributed by atoms with van der Waals surface area (Å²) in [5.41, 5.74) is 2.71. The van der Waals surface area contributed by atoms with Gasteiger partial charge >= 0.3 is 0 Å². The molecule has 3 rings (SSSR count). The van der Waals surface area contributed by atoms with Crippen molar-refractivity contribution in [2.75, 3.05) is 0 Å². The number of hydrogen-bond acceptors (Lipinski definition) is 3. The number of benzene rings is 1. The number of thiazole rings is 1. The Morgan fingerprint density at radius 3 is 2.76 bits per heavy atom. The largest absolute Gasteiger partial charge is 0.390 e. The maximum absolute atomic E-state index is 9.47. The highest BCUT2D eigenvalue weighted by Gasteiger charge is 2.13. The molecule has 5 heteroatoms. The summed E-state index contributed by atoms with van der Waals surface area (Å²) in [6.07, 6.45) is 1.93. The SMILES string of the molecule is OCc1c(-c2ccc(Br)cc2)nc2sccn12. The van der Waals surface area contributed by atoms with Crippen LogP contribution in [0.2, 0.25) is 0 Å². The molecule has 3 nitrogen and oxygen atoms in total. The lowest BCUT2D eigenvalue weighted by Gasteiger charge is -2.01. The fourth-order valence-electron chi connectivity index (χ4n) is 1.82. The topological polar surface area (TPSA) is 37.5 Å². The lowest BCUT2D eigenvalue weighted by molar-refractivity contribution is 0.276. The van der Waals surface area contributed by atoms with Gasteiger partial charge in [-0.05, 0) is 12.1 Å². The van der Waals surface area contributed by atoms with E-state index >= 15 is 0 Å². The molecule has 0 aliphatic rings. The second-order valence-electron chi connectivity index (χ2n) is 3.63. The van der Waals surface area contributed by atoms with Crippen LogP contribution in [0.1, 0.15) is 5.69 Å². The number of aliphatic hydroxyl groups excluding tert-OH is 1. The molecule has 0 bridgehead atoms. The number of imidazole rings is 1. The van der Waals surface area contributed by atoms with Crippen LogP contribution in [-0.4, -0.2) is 14.5 Å². The van der Waals surface area contributed by atoms with Crippen molar-refractivity contribution in [1.29, 1.82) is 0 Å². The van der Waals surface area contributed by atoms with E-state index < -0.39 is 0 Å². The van der Waals surface area contributed by atoms with Gasteiger partial charge in [-0.25, -0.2) is 4.98 Å². The van der Waals surface area contributed by atoms with E-state index in [4.69, 9.17) is 0 Å². The fourth-order valence-corrected chi connectivity index (χ4v) is 2.82. The van der Waals surface area contributed by atoms with Crippen LogP contribution in [0.3, 0.4) is 0 Å². The predicted molar refractivity (Wildman–Crippen MR) is 72.1 cm³/mol. The van der Waals surface area contributed by atoms with Crippen molar-refractivity contribution in [3.63, 3.8) is 0 Å². The van der Waals surface area contributed by atoms with E-state index in [-0.39, 0.29) is 6.61 Å². The zero-order valence-corrected chi connectivity index (χ0v) is 11.2. The average molecular weight is 309 g/mol. The monoisotopic (exact) mass is 308 g/mol. The second kappa shape index (κ2) is 4.25. The summed E-state index contributed by atoms with van der Waals surface area (Å²) >= 11 is 4.97. The van der Waals surface area contributed by atoms with Crippen LogP contribution in [0.15, 0.2) is 40.3 Å². The van der Waals surface area contributed by atoms with Gasteiger partial charge in [-0.3, -0.25) is 4.40 Å². The third kappa shape index (κ3) is 1.80. The van der Waals surface area contributed by atoms with Crippen molar-refractivity contribution in [3.8, 4) is 11.3 Å². The molecule has 0 fully saturated rings. The van der Waals surface area contributed by atoms with E-state index in [0.29, 0.717) is 0 Å². The lowest BCUT2D eigenvalue weighted by Crippen LogP contribution is -1.91. The standard InChI is InChI=1S/C12H9BrN2OS/c13-9-3-1-8(2-4-9)11-10(7-16)15-5-6-17-12(15)14-11/h1-6,16H,7H2. The highest BCUT2D eigenvalue weighted by Crippen LogP contribution is 2.27. The summed E-state index contributed by atoms with van der Waals surface area (Å²) in [5, 5.41) is 11.4. The minimum absolute atomic E-state index is 0.0106. The first kappa shape index (κ1) is 11.0. The Morgan fingerprint density at radius 1 is 1.29 bits per heavy atom. The molecule has 1 N–H and O–H groups in total. The molecule has 3 aromatic rings. The minimum Gasteiger partial charge on any atom is -0.390 e. The molecule has 0 saturated carbocycles. The zero-order chi connectivity index (χ0) is 11.8. The van der Waals surface area contributed by atoms with Crippen LogP contribution >= 0.6 is 27.3 Å². The molecular weight excluding hydrogens is 300 g/mol. The van der Waals surface area contributed by atoms with Gasteiger partial charge in [0.2, 0.25) is 0 Å². The van der Waals surface area contributed by atoms with Crippen LogP contribution in [0, 0.1) is 0 Å². The number of halogens is 1. The summed E-state index contributed by atoms with van der Waals surface area (Å²) < 4.78 is 2.97. The third-order valence-electron chi connectivity index (χ3n) is 2.63. The van der Waals surface area contributed by atoms with Crippen molar-refractivity contribution < 1.29 is 5.11 Å². The molecule has 2 heterocycles. The van der Waals surface area contributed by atoms with E-state index in [9.17, 15) is 5.11 Å². The van der Waals surface area contributed by atoms with Gasteiger partial charge in [0.05, 0.1) is 18.0 Å². The smallest absolute Gasteiger partial charge is 0.194 e. The van der Waals surface area contributed by atoms with E-state index in [0.717, 1.165) is 26.4 Å². The summed E-state index contributed by atoms with van der Waals surface area (Å²) in [7, 11) is 0. The van der Waals surface area contributed by atoms with Gasteiger partial charge in [-0.2, -0.15) is 0 Å². The van der Waals surface area contributed by atoms with Gasteiger partial charge in [-0.15, -0.1) is 11.3 Å². The molecule has 2 aromatic heterocycles. The molecule has 0 aliphatic heterocycles. The van der Waals surface area contributed by atoms with Crippen molar-refractivity contribution in [2.45, 2.75) is 6.61 Å². The Bertz CT molecular complexity index is 657. The molecule has 0 saturated heterocycles. The number of rotatable bonds is 2. The highest BCUT2D eigenvalue weighted by atomic mass is 79.9. The zero-order valence-electron chi connectivity index (χ0n) is 8.80. The summed E-state index contributed by atoms with van der Waals surface area (Å²) in [4.78, 5) is 5.46. The second-order valence-corrected chi connectivity index (χ2v) is 5.42. The molecule has 0 spiro atoms. The van der Waals surface area contributed by atoms with Crippen molar-refractivity contribution in [3.05, 3.63) is 46.0 Å². The number of aliphatic hydroxyl groups is 1. The number of nitrogens with zero attached hydrogens (tertiary/aromatic N) is 2. The molecular formula is C12H9BrN2OS. The van der Waals surface area contributed by atoms with E-state index in [2.05, 4.69) is 20.9 Å². The Morgan fingerprint density at radius 2 is 2.06 bits per heavy atom. The Labute approximate surface area is 110 Å². The van der Waals surface area contributed by atoms with Gasteiger partial charge in [0, 0.05) is 21.6 Å². The molecule has 17 heavy (non-hydrogen) atoms. The summed E-state index contributed by atoms with van der Waals surface area (Å²) in [5.74, 6) is 0. The number of hydrogen-bond donors (Lipinski definition) is 1. The van der Waals surface area contributed by atoms with Gasteiger partial charge < -0.3 is 5.11 Å². The first-order valence-corrected chi connectivity index (χ1v) is 6.78. The number of aromatic nitrogens is 2. The van der Waals surface area contributed by atoms with Crippen molar-refractivity contribution in [2.24, 2.45) is 0 Å². The molecule has 0 amide bonds. The summed E-state index contributed by atoms with van der Waals surface area (Å²) in [6, 6.07) is 7.94. The molecule has 86 valence electrons. The molecule has 0 unspecified atom stereocenters. The third-order valence-corrected chi connectivity index (χ3v) is 3.91. The summed E-state index contributed by atoms with van der Waals surface area (Å²) in [6.45, 7) is -0.0106. The first-order valence-electron chi connectivity index (χ1n) is 5.11. The molecule has 0 atom stereocenters. The van der Waals surface area contributed by atoms with Crippen LogP contribution in [-0.2, 0) is 6.61 Å². The molecule has 0 aliphatic carbocycles. The van der Waals surface area contributed by atoms with Crippen LogP contribution in [0.5, 0.6) is 0 Å². The minimum atomic E-state index is -0.0106. The van der Waals surface area contributed by atoms with Crippen LogP contribution in [0.4, 0.5) is 0 Å². The first-order chi connectivity index (χ1) is 8.29. The Hall–Kier alpha value is -1.17.